The van der Waals surface area contributed by atoms with Gasteiger partial charge < -0.3 is 0 Å². The molecule has 4 rings (SSSR count). The van der Waals surface area contributed by atoms with E-state index in [0.717, 1.165) is 0 Å². The van der Waals surface area contributed by atoms with Crippen molar-refractivity contribution in [2.45, 2.75) is 111 Å². The van der Waals surface area contributed by atoms with Gasteiger partial charge >= 0.3 is 0 Å². The molecule has 1 heterocycles. The van der Waals surface area contributed by atoms with Gasteiger partial charge in [-0.1, -0.05) is 111 Å². The normalized spacial score (nSPS) is 17.4. The molecule has 190 valence electrons. The van der Waals surface area contributed by atoms with Crippen LogP contribution in [-0.4, -0.2) is 0 Å². The first-order chi connectivity index (χ1) is 16.7. The molecule has 1 aliphatic heterocycles. The Hall–Kier alpha value is -2.26. The van der Waals surface area contributed by atoms with Gasteiger partial charge in [0.1, 0.15) is 0 Å². The third kappa shape index (κ3) is 5.16. The molecule has 3 nitrogen and oxygen atoms in total. The Morgan fingerprint density at radius 3 is 1.49 bits per heavy atom. The summed E-state index contributed by atoms with van der Waals surface area (Å²) in [4.78, 5) is 0. The van der Waals surface area contributed by atoms with Gasteiger partial charge in [0, 0.05) is 12.1 Å². The lowest BCUT2D eigenvalue weighted by Crippen LogP contribution is -2.43. The monoisotopic (exact) mass is 473 g/mol. The van der Waals surface area contributed by atoms with Crippen LogP contribution in [0.4, 0.5) is 11.4 Å². The number of rotatable bonds is 7. The highest BCUT2D eigenvalue weighted by Crippen LogP contribution is 2.44. The zero-order valence-electron chi connectivity index (χ0n) is 23.4. The number of hydrogen-bond acceptors (Lipinski definition) is 3. The summed E-state index contributed by atoms with van der Waals surface area (Å²) < 4.78 is 0. The number of para-hydroxylation sites is 2. The molecule has 1 saturated carbocycles. The maximum absolute atomic E-state index is 3.93. The van der Waals surface area contributed by atoms with Gasteiger partial charge in [-0.25, -0.2) is 0 Å². The van der Waals surface area contributed by atoms with E-state index in [4.69, 9.17) is 0 Å². The zero-order chi connectivity index (χ0) is 25.3. The molecule has 2 aromatic carbocycles. The number of nitrogens with one attached hydrogen (secondary N) is 1. The molecule has 0 radical (unpaired) electrons. The van der Waals surface area contributed by atoms with Gasteiger partial charge in [-0.2, -0.15) is 0 Å². The Morgan fingerprint density at radius 2 is 1.06 bits per heavy atom. The molecular formula is C32H47N3. The molecule has 3 heteroatoms. The van der Waals surface area contributed by atoms with Crippen LogP contribution in [0.5, 0.6) is 0 Å². The van der Waals surface area contributed by atoms with Crippen molar-refractivity contribution in [2.75, 3.05) is 10.0 Å². The molecule has 0 saturated heterocycles. The predicted molar refractivity (Wildman–Crippen MR) is 152 cm³/mol. The lowest BCUT2D eigenvalue weighted by molar-refractivity contribution is 0.395. The molecule has 0 spiro atoms. The SMILES string of the molecule is CC(C)c1cccc(C(C)C)c1N1C=C(C2CCCCC2)N(c2c(C(C)C)cccc2C(C)C)N1. The van der Waals surface area contributed by atoms with E-state index in [2.05, 4.69) is 114 Å². The fourth-order valence-electron chi connectivity index (χ4n) is 5.92. The molecule has 2 aliphatic rings. The van der Waals surface area contributed by atoms with Gasteiger partial charge in [-0.3, -0.25) is 10.0 Å². The standard InChI is InChI=1S/C32H47N3/c1-21(2)26-16-12-17-27(22(3)4)31(26)34-20-30(25-14-10-9-11-15-25)35(33-34)32-28(23(5)6)18-13-19-29(32)24(7)8/h12-13,16-25,33H,9-11,14-15H2,1-8H3. The number of hydrogen-bond donors (Lipinski definition) is 1. The Morgan fingerprint density at radius 1 is 0.629 bits per heavy atom. The number of nitrogens with zero attached hydrogens (tertiary/aromatic N) is 2. The van der Waals surface area contributed by atoms with Crippen LogP contribution in [-0.2, 0) is 0 Å². The first-order valence-corrected chi connectivity index (χ1v) is 14.0. The molecule has 2 aromatic rings. The Kier molecular flexibility index (Phi) is 7.96. The van der Waals surface area contributed by atoms with Crippen molar-refractivity contribution in [3.63, 3.8) is 0 Å². The van der Waals surface area contributed by atoms with Crippen molar-refractivity contribution in [3.8, 4) is 0 Å². The van der Waals surface area contributed by atoms with E-state index in [0.29, 0.717) is 29.6 Å². The van der Waals surface area contributed by atoms with Crippen molar-refractivity contribution in [1.29, 1.82) is 0 Å². The Balaban J connectivity index is 1.90. The highest BCUT2D eigenvalue weighted by molar-refractivity contribution is 5.70. The van der Waals surface area contributed by atoms with Crippen LogP contribution < -0.4 is 15.6 Å². The van der Waals surface area contributed by atoms with Gasteiger partial charge in [0.25, 0.3) is 0 Å². The van der Waals surface area contributed by atoms with Gasteiger partial charge in [-0.15, -0.1) is 5.53 Å². The Labute approximate surface area is 214 Å². The quantitative estimate of drug-likeness (QED) is 0.432. The number of allylic oxidation sites excluding steroid dienone is 1. The van der Waals surface area contributed by atoms with E-state index in [1.807, 2.05) is 0 Å². The van der Waals surface area contributed by atoms with Crippen molar-refractivity contribution in [3.05, 3.63) is 70.5 Å². The molecule has 0 atom stereocenters. The zero-order valence-corrected chi connectivity index (χ0v) is 23.4. The molecule has 0 bridgehead atoms. The molecule has 1 aliphatic carbocycles. The van der Waals surface area contributed by atoms with Crippen molar-refractivity contribution < 1.29 is 0 Å². The van der Waals surface area contributed by atoms with Gasteiger partial charge in [0.05, 0.1) is 17.1 Å². The predicted octanol–water partition coefficient (Wildman–Crippen LogP) is 9.35. The van der Waals surface area contributed by atoms with E-state index in [-0.39, 0.29) is 0 Å². The molecule has 0 unspecified atom stereocenters. The van der Waals surface area contributed by atoms with Crippen molar-refractivity contribution in [2.24, 2.45) is 5.92 Å². The average Bonchev–Trinajstić information content (AvgIpc) is 3.28. The number of hydrazine groups is 2. The maximum atomic E-state index is 3.93. The van der Waals surface area contributed by atoms with Crippen LogP contribution in [0.2, 0.25) is 0 Å². The second-order valence-corrected chi connectivity index (χ2v) is 11.9. The van der Waals surface area contributed by atoms with Crippen LogP contribution in [0.25, 0.3) is 0 Å². The molecule has 0 aromatic heterocycles. The smallest absolute Gasteiger partial charge is 0.0662 e. The number of benzene rings is 2. The van der Waals surface area contributed by atoms with E-state index in [9.17, 15) is 0 Å². The summed E-state index contributed by atoms with van der Waals surface area (Å²) in [7, 11) is 0. The lowest BCUT2D eigenvalue weighted by atomic mass is 9.86. The Bertz CT molecular complexity index is 988. The van der Waals surface area contributed by atoms with Crippen LogP contribution in [0, 0.1) is 5.92 Å². The van der Waals surface area contributed by atoms with Gasteiger partial charge in [0.2, 0.25) is 0 Å². The minimum atomic E-state index is 0.459. The maximum Gasteiger partial charge on any atom is 0.0662 e. The summed E-state index contributed by atoms with van der Waals surface area (Å²) in [6.45, 7) is 18.6. The van der Waals surface area contributed by atoms with Crippen LogP contribution in [0.15, 0.2) is 48.3 Å². The van der Waals surface area contributed by atoms with Gasteiger partial charge in [-0.05, 0) is 58.8 Å². The average molecular weight is 474 g/mol. The fourth-order valence-corrected chi connectivity index (χ4v) is 5.92. The summed E-state index contributed by atoms with van der Waals surface area (Å²) in [5.41, 5.74) is 13.7. The molecule has 1 fully saturated rings. The van der Waals surface area contributed by atoms with Crippen molar-refractivity contribution >= 4 is 11.4 Å². The van der Waals surface area contributed by atoms with Crippen LogP contribution in [0.1, 0.15) is 133 Å². The van der Waals surface area contributed by atoms with E-state index >= 15 is 0 Å². The molecule has 35 heavy (non-hydrogen) atoms. The number of anilines is 2. The first kappa shape index (κ1) is 25.8. The highest BCUT2D eigenvalue weighted by Gasteiger charge is 2.34. The minimum absolute atomic E-state index is 0.459. The highest BCUT2D eigenvalue weighted by atomic mass is 15.8. The minimum Gasteiger partial charge on any atom is -0.264 e. The third-order valence-electron chi connectivity index (χ3n) is 7.90. The topological polar surface area (TPSA) is 18.5 Å². The summed E-state index contributed by atoms with van der Waals surface area (Å²) in [6, 6.07) is 13.8. The second kappa shape index (κ2) is 10.8. The third-order valence-corrected chi connectivity index (χ3v) is 7.90. The summed E-state index contributed by atoms with van der Waals surface area (Å²) in [6.07, 6.45) is 9.03. The van der Waals surface area contributed by atoms with Gasteiger partial charge in [0.15, 0.2) is 0 Å². The lowest BCUT2D eigenvalue weighted by Gasteiger charge is -2.35. The van der Waals surface area contributed by atoms with E-state index < -0.39 is 0 Å². The molecular weight excluding hydrogens is 426 g/mol. The molecule has 0 amide bonds. The first-order valence-electron chi connectivity index (χ1n) is 14.0. The van der Waals surface area contributed by atoms with Crippen LogP contribution in [0.3, 0.4) is 0 Å². The fraction of sp³-hybridized carbons (Fsp3) is 0.562. The summed E-state index contributed by atoms with van der Waals surface area (Å²) >= 11 is 0. The summed E-state index contributed by atoms with van der Waals surface area (Å²) in [5, 5.41) is 4.83. The largest absolute Gasteiger partial charge is 0.264 e. The van der Waals surface area contributed by atoms with E-state index in [1.54, 1.807) is 0 Å². The second-order valence-electron chi connectivity index (χ2n) is 11.9. The van der Waals surface area contributed by atoms with Crippen LogP contribution >= 0.6 is 0 Å². The molecule has 1 N–H and O–H groups in total. The van der Waals surface area contributed by atoms with Crippen molar-refractivity contribution in [1.82, 2.24) is 5.53 Å². The van der Waals surface area contributed by atoms with E-state index in [1.165, 1.54) is 71.4 Å². The summed E-state index contributed by atoms with van der Waals surface area (Å²) in [5.74, 6) is 2.43.